The van der Waals surface area contributed by atoms with Gasteiger partial charge in [-0.2, -0.15) is 5.10 Å². The summed E-state index contributed by atoms with van der Waals surface area (Å²) in [6.07, 6.45) is 0.843. The lowest BCUT2D eigenvalue weighted by molar-refractivity contribution is 0.180. The van der Waals surface area contributed by atoms with Crippen LogP contribution in [0.1, 0.15) is 24.6 Å². The van der Waals surface area contributed by atoms with Crippen LogP contribution in [0.5, 0.6) is 0 Å². The van der Waals surface area contributed by atoms with E-state index in [9.17, 15) is 13.5 Å². The van der Waals surface area contributed by atoms with E-state index >= 15 is 0 Å². The molecular formula is C11H19N3O4S. The Hall–Kier alpha value is -0.960. The highest BCUT2D eigenvalue weighted by molar-refractivity contribution is 7.89. The number of aromatic nitrogens is 2. The van der Waals surface area contributed by atoms with Gasteiger partial charge in [-0.3, -0.25) is 5.10 Å². The quantitative estimate of drug-likeness (QED) is 0.703. The van der Waals surface area contributed by atoms with Crippen molar-refractivity contribution in [3.05, 3.63) is 11.3 Å². The predicted octanol–water partition coefficient (Wildman–Crippen LogP) is -0.0863. The minimum atomic E-state index is -3.73. The molecule has 0 bridgehead atoms. The third-order valence-corrected chi connectivity index (χ3v) is 4.99. The molecule has 2 heterocycles. The Kier molecular flexibility index (Phi) is 4.24. The van der Waals surface area contributed by atoms with Crippen LogP contribution in [0.2, 0.25) is 0 Å². The van der Waals surface area contributed by atoms with Crippen molar-refractivity contribution >= 4 is 10.0 Å². The number of nitrogens with zero attached hydrogens (tertiary/aromatic N) is 1. The summed E-state index contributed by atoms with van der Waals surface area (Å²) in [5, 5.41) is 15.5. The first-order valence-electron chi connectivity index (χ1n) is 6.20. The smallest absolute Gasteiger partial charge is 0.260 e. The number of ether oxygens (including phenoxy) is 1. The molecule has 1 saturated heterocycles. The minimum absolute atomic E-state index is 0.127. The Balaban J connectivity index is 2.17. The zero-order valence-corrected chi connectivity index (χ0v) is 11.8. The van der Waals surface area contributed by atoms with E-state index in [0.29, 0.717) is 24.5 Å². The van der Waals surface area contributed by atoms with Crippen molar-refractivity contribution in [1.29, 1.82) is 0 Å². The molecule has 0 aromatic carbocycles. The molecular weight excluding hydrogens is 270 g/mol. The number of aliphatic hydroxyl groups is 1. The molecule has 3 N–H and O–H groups in total. The summed E-state index contributed by atoms with van der Waals surface area (Å²) < 4.78 is 32.3. The second kappa shape index (κ2) is 5.58. The van der Waals surface area contributed by atoms with E-state index in [1.807, 2.05) is 6.92 Å². The zero-order chi connectivity index (χ0) is 14.0. The monoisotopic (exact) mass is 289 g/mol. The second-order valence-electron chi connectivity index (χ2n) is 4.82. The molecule has 0 aliphatic carbocycles. The average molecular weight is 289 g/mol. The standard InChI is InChI=1S/C11H19N3O4S/c1-7(9-3-4-18-6-9)14-19(16,17)11-10(5-15)8(2)12-13-11/h7,9,14-15H,3-6H2,1-2H3,(H,12,13). The third kappa shape index (κ3) is 2.97. The van der Waals surface area contributed by atoms with Crippen LogP contribution < -0.4 is 4.72 Å². The maximum absolute atomic E-state index is 12.2. The summed E-state index contributed by atoms with van der Waals surface area (Å²) in [6, 6.07) is -0.226. The van der Waals surface area contributed by atoms with Gasteiger partial charge in [0.1, 0.15) is 0 Å². The highest BCUT2D eigenvalue weighted by atomic mass is 32.2. The van der Waals surface area contributed by atoms with Crippen molar-refractivity contribution in [2.75, 3.05) is 13.2 Å². The molecule has 2 rings (SSSR count). The summed E-state index contributed by atoms with van der Waals surface area (Å²) >= 11 is 0. The Morgan fingerprint density at radius 1 is 1.63 bits per heavy atom. The lowest BCUT2D eigenvalue weighted by Crippen LogP contribution is -2.38. The number of hydrogen-bond donors (Lipinski definition) is 3. The lowest BCUT2D eigenvalue weighted by Gasteiger charge is -2.18. The van der Waals surface area contributed by atoms with E-state index in [1.165, 1.54) is 0 Å². The van der Waals surface area contributed by atoms with Gasteiger partial charge < -0.3 is 9.84 Å². The van der Waals surface area contributed by atoms with Crippen LogP contribution in [0.25, 0.3) is 0 Å². The molecule has 0 radical (unpaired) electrons. The number of hydrogen-bond acceptors (Lipinski definition) is 5. The average Bonchev–Trinajstić information content (AvgIpc) is 2.96. The van der Waals surface area contributed by atoms with Crippen molar-refractivity contribution in [1.82, 2.24) is 14.9 Å². The number of aliphatic hydroxyl groups excluding tert-OH is 1. The number of nitrogens with one attached hydrogen (secondary N) is 2. The van der Waals surface area contributed by atoms with Crippen LogP contribution in [-0.2, 0) is 21.4 Å². The topological polar surface area (TPSA) is 104 Å². The van der Waals surface area contributed by atoms with Gasteiger partial charge in [0.05, 0.1) is 13.2 Å². The third-order valence-electron chi connectivity index (χ3n) is 3.46. The summed E-state index contributed by atoms with van der Waals surface area (Å²) in [5.41, 5.74) is 0.863. The number of aromatic amines is 1. The highest BCUT2D eigenvalue weighted by Gasteiger charge is 2.29. The van der Waals surface area contributed by atoms with Gasteiger partial charge in [0.15, 0.2) is 5.03 Å². The predicted molar refractivity (Wildman–Crippen MR) is 68.0 cm³/mol. The van der Waals surface area contributed by atoms with E-state index in [2.05, 4.69) is 14.9 Å². The van der Waals surface area contributed by atoms with Crippen LogP contribution in [0.3, 0.4) is 0 Å². The molecule has 1 aliphatic rings. The Labute approximate surface area is 112 Å². The van der Waals surface area contributed by atoms with Gasteiger partial charge in [0, 0.05) is 29.8 Å². The van der Waals surface area contributed by atoms with Gasteiger partial charge in [0.25, 0.3) is 10.0 Å². The maximum atomic E-state index is 12.2. The van der Waals surface area contributed by atoms with Gasteiger partial charge in [-0.25, -0.2) is 13.1 Å². The molecule has 1 aromatic rings. The molecule has 0 amide bonds. The number of H-pyrrole nitrogens is 1. The maximum Gasteiger partial charge on any atom is 0.260 e. The number of sulfonamides is 1. The van der Waals surface area contributed by atoms with Gasteiger partial charge >= 0.3 is 0 Å². The van der Waals surface area contributed by atoms with E-state index in [4.69, 9.17) is 4.74 Å². The first-order chi connectivity index (χ1) is 8.95. The zero-order valence-electron chi connectivity index (χ0n) is 11.0. The second-order valence-corrected chi connectivity index (χ2v) is 6.45. The van der Waals surface area contributed by atoms with Crippen molar-refractivity contribution in [2.24, 2.45) is 5.92 Å². The molecule has 1 fully saturated rings. The van der Waals surface area contributed by atoms with E-state index in [1.54, 1.807) is 6.92 Å². The Morgan fingerprint density at radius 3 is 2.95 bits per heavy atom. The summed E-state index contributed by atoms with van der Waals surface area (Å²) in [5.74, 6) is 0.174. The largest absolute Gasteiger partial charge is 0.392 e. The Morgan fingerprint density at radius 2 is 2.37 bits per heavy atom. The molecule has 108 valence electrons. The van der Waals surface area contributed by atoms with Crippen LogP contribution in [0.15, 0.2) is 5.03 Å². The number of aryl methyl sites for hydroxylation is 1. The number of rotatable bonds is 5. The van der Waals surface area contributed by atoms with Crippen molar-refractivity contribution < 1.29 is 18.3 Å². The molecule has 19 heavy (non-hydrogen) atoms. The summed E-state index contributed by atoms with van der Waals surface area (Å²) in [7, 11) is -3.73. The molecule has 2 atom stereocenters. The lowest BCUT2D eigenvalue weighted by atomic mass is 10.0. The normalized spacial score (nSPS) is 21.7. The first kappa shape index (κ1) is 14.4. The van der Waals surface area contributed by atoms with E-state index in [0.717, 1.165) is 6.42 Å². The van der Waals surface area contributed by atoms with Crippen molar-refractivity contribution in [2.45, 2.75) is 37.9 Å². The van der Waals surface area contributed by atoms with Crippen LogP contribution >= 0.6 is 0 Å². The van der Waals surface area contributed by atoms with Crippen LogP contribution in [0.4, 0.5) is 0 Å². The molecule has 2 unspecified atom stereocenters. The molecule has 7 nitrogen and oxygen atoms in total. The van der Waals surface area contributed by atoms with Gasteiger partial charge in [-0.15, -0.1) is 0 Å². The highest BCUT2D eigenvalue weighted by Crippen LogP contribution is 2.20. The van der Waals surface area contributed by atoms with Gasteiger partial charge in [0.2, 0.25) is 0 Å². The van der Waals surface area contributed by atoms with Crippen LogP contribution in [0, 0.1) is 12.8 Å². The SMILES string of the molecule is Cc1[nH]nc(S(=O)(=O)NC(C)C2CCOC2)c1CO. The van der Waals surface area contributed by atoms with E-state index in [-0.39, 0.29) is 23.6 Å². The minimum Gasteiger partial charge on any atom is -0.392 e. The van der Waals surface area contributed by atoms with Gasteiger partial charge in [-0.1, -0.05) is 0 Å². The van der Waals surface area contributed by atoms with Crippen molar-refractivity contribution in [3.63, 3.8) is 0 Å². The Bertz CT molecular complexity index is 534. The molecule has 1 aliphatic heterocycles. The fraction of sp³-hybridized carbons (Fsp3) is 0.727. The fourth-order valence-electron chi connectivity index (χ4n) is 2.18. The molecule has 0 spiro atoms. The van der Waals surface area contributed by atoms with Crippen molar-refractivity contribution in [3.8, 4) is 0 Å². The molecule has 8 heteroatoms. The van der Waals surface area contributed by atoms with Gasteiger partial charge in [-0.05, 0) is 20.3 Å². The molecule has 0 saturated carbocycles. The van der Waals surface area contributed by atoms with E-state index < -0.39 is 10.0 Å². The molecule has 1 aromatic heterocycles. The summed E-state index contributed by atoms with van der Waals surface area (Å²) in [4.78, 5) is 0. The first-order valence-corrected chi connectivity index (χ1v) is 7.68. The summed E-state index contributed by atoms with van der Waals surface area (Å²) in [6.45, 7) is 4.36. The fourth-order valence-corrected chi connectivity index (χ4v) is 3.68. The van der Waals surface area contributed by atoms with Crippen LogP contribution in [-0.4, -0.2) is 43.0 Å².